The van der Waals surface area contributed by atoms with Gasteiger partial charge in [0, 0.05) is 68.7 Å². The smallest absolute Gasteiger partial charge is 0.330 e. The van der Waals surface area contributed by atoms with Gasteiger partial charge in [-0.2, -0.15) is 0 Å². The molecule has 1 saturated heterocycles. The highest BCUT2D eigenvalue weighted by atomic mass is 35.5. The van der Waals surface area contributed by atoms with E-state index in [9.17, 15) is 19.2 Å². The molecule has 0 unspecified atom stereocenters. The molecule has 1 atom stereocenters. The molecule has 2 amide bonds. The third-order valence-electron chi connectivity index (χ3n) is 7.25. The number of anilines is 1. The number of nitrogens with zero attached hydrogens (tertiary/aromatic N) is 4. The molecule has 1 aromatic carbocycles. The van der Waals surface area contributed by atoms with E-state index in [1.54, 1.807) is 42.6 Å². The molecule has 1 fully saturated rings. The number of hydrogen-bond donors (Lipinski definition) is 3. The Morgan fingerprint density at radius 1 is 1.16 bits per heavy atom. The zero-order valence-electron chi connectivity index (χ0n) is 24.1. The van der Waals surface area contributed by atoms with Crippen molar-refractivity contribution in [1.29, 1.82) is 0 Å². The molecule has 0 bridgehead atoms. The zero-order chi connectivity index (χ0) is 31.5. The van der Waals surface area contributed by atoms with Crippen molar-refractivity contribution in [3.05, 3.63) is 90.8 Å². The second-order valence-corrected chi connectivity index (χ2v) is 11.1. The Labute approximate surface area is 262 Å². The molecular formula is C30H29Cl2N7O5. The number of amides is 2. The van der Waals surface area contributed by atoms with Gasteiger partial charge in [0.1, 0.15) is 5.56 Å². The topological polar surface area (TPSA) is 149 Å². The number of halogens is 2. The molecule has 44 heavy (non-hydrogen) atoms. The van der Waals surface area contributed by atoms with Crippen LogP contribution in [0, 0.1) is 0 Å². The lowest BCUT2D eigenvalue weighted by atomic mass is 10.1. The summed E-state index contributed by atoms with van der Waals surface area (Å²) in [6.45, 7) is 1.06. The number of pyridine rings is 2. The number of aromatic nitrogens is 4. The van der Waals surface area contributed by atoms with Crippen LogP contribution in [0.3, 0.4) is 0 Å². The highest BCUT2D eigenvalue weighted by Crippen LogP contribution is 2.36. The number of carbonyl (C=O) groups is 2. The van der Waals surface area contributed by atoms with E-state index >= 15 is 0 Å². The van der Waals surface area contributed by atoms with Crippen molar-refractivity contribution in [1.82, 2.24) is 29.7 Å². The van der Waals surface area contributed by atoms with Gasteiger partial charge in [0.2, 0.25) is 11.8 Å². The third-order valence-corrected chi connectivity index (χ3v) is 7.94. The van der Waals surface area contributed by atoms with Gasteiger partial charge in [0.25, 0.3) is 11.5 Å². The Balaban J connectivity index is 1.39. The summed E-state index contributed by atoms with van der Waals surface area (Å²) in [7, 11) is 4.28. The summed E-state index contributed by atoms with van der Waals surface area (Å²) in [5, 5.41) is 9.51. The Bertz CT molecular complexity index is 1890. The summed E-state index contributed by atoms with van der Waals surface area (Å²) in [5.41, 5.74) is 1.67. The number of carbonyl (C=O) groups excluding carboxylic acids is 2. The van der Waals surface area contributed by atoms with Crippen molar-refractivity contribution in [2.45, 2.75) is 25.4 Å². The van der Waals surface area contributed by atoms with Crippen molar-refractivity contribution in [3.63, 3.8) is 0 Å². The first-order valence-corrected chi connectivity index (χ1v) is 14.4. The molecule has 0 aliphatic carbocycles. The number of methoxy groups -OCH3 is 1. The molecule has 5 rings (SSSR count). The number of hydrogen-bond acceptors (Lipinski definition) is 8. The first-order valence-electron chi connectivity index (χ1n) is 13.6. The van der Waals surface area contributed by atoms with Crippen molar-refractivity contribution in [2.75, 3.05) is 19.0 Å². The highest BCUT2D eigenvalue weighted by Gasteiger charge is 2.21. The summed E-state index contributed by atoms with van der Waals surface area (Å²) in [4.78, 5) is 58.1. The van der Waals surface area contributed by atoms with Gasteiger partial charge in [-0.3, -0.25) is 23.9 Å². The van der Waals surface area contributed by atoms with E-state index in [1.807, 2.05) is 0 Å². The summed E-state index contributed by atoms with van der Waals surface area (Å²) >= 11 is 13.4. The first kappa shape index (κ1) is 30.9. The minimum absolute atomic E-state index is 0.0614. The monoisotopic (exact) mass is 637 g/mol. The van der Waals surface area contributed by atoms with Crippen LogP contribution in [0.25, 0.3) is 22.5 Å². The van der Waals surface area contributed by atoms with Crippen LogP contribution in [0.15, 0.2) is 58.4 Å². The average Bonchev–Trinajstić information content (AvgIpc) is 3.43. The molecule has 0 spiro atoms. The van der Waals surface area contributed by atoms with E-state index in [0.29, 0.717) is 52.9 Å². The lowest BCUT2D eigenvalue weighted by molar-refractivity contribution is -0.119. The summed E-state index contributed by atoms with van der Waals surface area (Å²) in [6, 6.07) is 10.4. The van der Waals surface area contributed by atoms with E-state index in [1.165, 1.54) is 27.4 Å². The quantitative estimate of drug-likeness (QED) is 0.253. The Morgan fingerprint density at radius 2 is 1.95 bits per heavy atom. The second-order valence-electron chi connectivity index (χ2n) is 10.3. The lowest BCUT2D eigenvalue weighted by Gasteiger charge is -2.15. The van der Waals surface area contributed by atoms with Gasteiger partial charge in [-0.25, -0.2) is 9.78 Å². The van der Waals surface area contributed by atoms with Crippen LogP contribution in [0.5, 0.6) is 5.88 Å². The Hall–Kier alpha value is -4.52. The van der Waals surface area contributed by atoms with Crippen LogP contribution in [0.2, 0.25) is 10.0 Å². The maximum atomic E-state index is 13.0. The van der Waals surface area contributed by atoms with Gasteiger partial charge >= 0.3 is 5.69 Å². The van der Waals surface area contributed by atoms with Crippen molar-refractivity contribution >= 4 is 40.7 Å². The number of ether oxygens (including phenoxy) is 1. The zero-order valence-corrected chi connectivity index (χ0v) is 25.6. The van der Waals surface area contributed by atoms with Crippen molar-refractivity contribution in [2.24, 2.45) is 14.1 Å². The number of benzene rings is 1. The molecule has 1 aliphatic heterocycles. The van der Waals surface area contributed by atoms with Crippen LogP contribution in [0.1, 0.15) is 28.8 Å². The molecule has 1 aliphatic rings. The number of nitrogens with one attached hydrogen (secondary N) is 3. The van der Waals surface area contributed by atoms with E-state index in [4.69, 9.17) is 27.9 Å². The predicted molar refractivity (Wildman–Crippen MR) is 167 cm³/mol. The molecule has 4 aromatic rings. The van der Waals surface area contributed by atoms with Crippen LogP contribution in [0.4, 0.5) is 5.69 Å². The van der Waals surface area contributed by atoms with Gasteiger partial charge in [0.15, 0.2) is 0 Å². The lowest BCUT2D eigenvalue weighted by Crippen LogP contribution is -2.40. The molecule has 4 heterocycles. The maximum absolute atomic E-state index is 13.0. The largest absolute Gasteiger partial charge is 0.481 e. The average molecular weight is 639 g/mol. The normalized spacial score (nSPS) is 14.4. The Kier molecular flexibility index (Phi) is 9.14. The molecule has 0 radical (unpaired) electrons. The van der Waals surface area contributed by atoms with Gasteiger partial charge in [-0.1, -0.05) is 35.3 Å². The second kappa shape index (κ2) is 13.0. The maximum Gasteiger partial charge on any atom is 0.330 e. The van der Waals surface area contributed by atoms with E-state index < -0.39 is 17.2 Å². The van der Waals surface area contributed by atoms with Gasteiger partial charge in [-0.15, -0.1) is 0 Å². The van der Waals surface area contributed by atoms with Crippen LogP contribution in [-0.4, -0.2) is 50.6 Å². The van der Waals surface area contributed by atoms with E-state index in [0.717, 1.165) is 21.1 Å². The summed E-state index contributed by atoms with van der Waals surface area (Å²) < 4.78 is 7.56. The van der Waals surface area contributed by atoms with E-state index in [2.05, 4.69) is 25.9 Å². The minimum Gasteiger partial charge on any atom is -0.481 e. The Morgan fingerprint density at radius 3 is 2.68 bits per heavy atom. The molecule has 3 N–H and O–H groups in total. The number of aryl methyl sites for hydroxylation is 1. The summed E-state index contributed by atoms with van der Waals surface area (Å²) in [5.74, 6) is -0.253. The predicted octanol–water partition coefficient (Wildman–Crippen LogP) is 3.14. The van der Waals surface area contributed by atoms with Crippen LogP contribution >= 0.6 is 23.2 Å². The van der Waals surface area contributed by atoms with Gasteiger partial charge in [0.05, 0.1) is 34.2 Å². The van der Waals surface area contributed by atoms with Crippen molar-refractivity contribution in [3.8, 4) is 28.4 Å². The third kappa shape index (κ3) is 6.37. The van der Waals surface area contributed by atoms with Crippen LogP contribution in [-0.2, 0) is 25.4 Å². The van der Waals surface area contributed by atoms with Gasteiger partial charge < -0.3 is 25.3 Å². The molecule has 12 nitrogen and oxygen atoms in total. The first-order chi connectivity index (χ1) is 21.1. The van der Waals surface area contributed by atoms with Crippen molar-refractivity contribution < 1.29 is 14.3 Å². The molecule has 0 saturated carbocycles. The fourth-order valence-electron chi connectivity index (χ4n) is 4.93. The fourth-order valence-corrected chi connectivity index (χ4v) is 5.49. The number of rotatable bonds is 9. The van der Waals surface area contributed by atoms with Crippen LogP contribution < -0.4 is 31.9 Å². The summed E-state index contributed by atoms with van der Waals surface area (Å²) in [6.07, 6.45) is 4.11. The SMILES string of the molecule is COc1nc(-c2ccnc(-c3cccc(NC(=O)c4cn(C)c(=O)n(C)c4=O)c3Cl)c2)c(Cl)cc1CNC[C@@H]1CCC(=O)N1. The fraction of sp³-hybridized carbons (Fsp3) is 0.267. The van der Waals surface area contributed by atoms with E-state index in [-0.39, 0.29) is 28.2 Å². The molecular weight excluding hydrogens is 609 g/mol. The highest BCUT2D eigenvalue weighted by molar-refractivity contribution is 6.36. The minimum atomic E-state index is -0.726. The molecule has 3 aromatic heterocycles. The van der Waals surface area contributed by atoms with Gasteiger partial charge in [-0.05, 0) is 30.7 Å². The molecule has 14 heteroatoms. The standard InChI is InChI=1S/C30H29Cl2N7O5/c1-38-15-20(29(42)39(2)30(38)43)27(41)36-22-6-4-5-19(25(22)32)23-12-16(9-10-34-23)26-21(31)11-17(28(37-26)44-3)13-33-14-18-7-8-24(40)35-18/h4-6,9-12,15,18,33H,7-8,13-14H2,1-3H3,(H,35,40)(H,36,41)/t18-/m0/s1. The molecule has 228 valence electrons.